The Hall–Kier alpha value is -2.36. The molecule has 4 nitrogen and oxygen atoms in total. The van der Waals surface area contributed by atoms with Gasteiger partial charge >= 0.3 is 11.9 Å². The zero-order valence-corrected chi connectivity index (χ0v) is 15.4. The van der Waals surface area contributed by atoms with Gasteiger partial charge in [0.1, 0.15) is 0 Å². The molecule has 0 aliphatic rings. The van der Waals surface area contributed by atoms with Crippen LogP contribution in [0.25, 0.3) is 6.08 Å². The molecule has 0 spiro atoms. The summed E-state index contributed by atoms with van der Waals surface area (Å²) >= 11 is 0. The van der Waals surface area contributed by atoms with Gasteiger partial charge in [-0.2, -0.15) is 0 Å². The highest BCUT2D eigenvalue weighted by molar-refractivity contribution is 5.99. The fourth-order valence-electron chi connectivity index (χ4n) is 2.36. The van der Waals surface area contributed by atoms with Gasteiger partial charge in [0.25, 0.3) is 0 Å². The zero-order chi connectivity index (χ0) is 18.3. The summed E-state index contributed by atoms with van der Waals surface area (Å²) in [6.07, 6.45) is 4.48. The first-order chi connectivity index (χ1) is 11.3. The van der Waals surface area contributed by atoms with Crippen LogP contribution in [0.5, 0.6) is 0 Å². The van der Waals surface area contributed by atoms with Gasteiger partial charge in [-0.15, -0.1) is 0 Å². The molecule has 4 heteroatoms. The summed E-state index contributed by atoms with van der Waals surface area (Å²) in [6, 6.07) is 2.13. The van der Waals surface area contributed by atoms with Crippen molar-refractivity contribution in [2.45, 2.75) is 41.5 Å². The van der Waals surface area contributed by atoms with Gasteiger partial charge in [0, 0.05) is 6.08 Å². The van der Waals surface area contributed by atoms with Crippen molar-refractivity contribution in [3.05, 3.63) is 51.6 Å². The molecule has 0 fully saturated rings. The Morgan fingerprint density at radius 2 is 1.46 bits per heavy atom. The second-order valence-electron chi connectivity index (χ2n) is 5.58. The molecule has 0 aromatic heterocycles. The zero-order valence-electron chi connectivity index (χ0n) is 15.4. The molecule has 0 saturated heterocycles. The van der Waals surface area contributed by atoms with Crippen molar-refractivity contribution in [2.24, 2.45) is 0 Å². The topological polar surface area (TPSA) is 52.6 Å². The Bertz CT molecular complexity index is 655. The smallest absolute Gasteiger partial charge is 0.338 e. The van der Waals surface area contributed by atoms with Gasteiger partial charge in [0.05, 0.1) is 18.8 Å². The fraction of sp³-hybridized carbons (Fsp3) is 0.400. The summed E-state index contributed by atoms with van der Waals surface area (Å²) in [5.74, 6) is -0.947. The third-order valence-electron chi connectivity index (χ3n) is 3.92. The number of hydrogen-bond donors (Lipinski definition) is 0. The number of ether oxygens (including phenoxy) is 2. The highest BCUT2D eigenvalue weighted by atomic mass is 16.5. The number of carbonyl (C=O) groups excluding carboxylic acids is 2. The number of esters is 2. The van der Waals surface area contributed by atoms with Crippen molar-refractivity contribution in [3.63, 3.8) is 0 Å². The molecule has 0 saturated carbocycles. The first kappa shape index (κ1) is 19.7. The molecule has 130 valence electrons. The van der Waals surface area contributed by atoms with Crippen molar-refractivity contribution in [2.75, 3.05) is 13.2 Å². The molecule has 0 amide bonds. The summed E-state index contributed by atoms with van der Waals surface area (Å²) in [5, 5.41) is 0. The van der Waals surface area contributed by atoms with Crippen LogP contribution in [0.2, 0.25) is 0 Å². The molecule has 0 aliphatic heterocycles. The highest BCUT2D eigenvalue weighted by Gasteiger charge is 2.12. The van der Waals surface area contributed by atoms with Crippen LogP contribution >= 0.6 is 0 Å². The Labute approximate surface area is 144 Å². The van der Waals surface area contributed by atoms with Crippen molar-refractivity contribution < 1.29 is 19.1 Å². The predicted octanol–water partition coefficient (Wildman–Crippen LogP) is 3.99. The molecule has 0 bridgehead atoms. The number of benzene rings is 1. The summed E-state index contributed by atoms with van der Waals surface area (Å²) < 4.78 is 9.96. The Balaban J connectivity index is 3.37. The van der Waals surface area contributed by atoms with E-state index in [-0.39, 0.29) is 13.2 Å². The van der Waals surface area contributed by atoms with E-state index in [0.29, 0.717) is 5.57 Å². The third kappa shape index (κ3) is 5.08. The fourth-order valence-corrected chi connectivity index (χ4v) is 2.36. The number of carbonyl (C=O) groups is 2. The minimum Gasteiger partial charge on any atom is -0.463 e. The van der Waals surface area contributed by atoms with Crippen LogP contribution < -0.4 is 0 Å². The van der Waals surface area contributed by atoms with Crippen LogP contribution in [0.3, 0.4) is 0 Å². The molecule has 0 atom stereocenters. The van der Waals surface area contributed by atoms with Crippen LogP contribution in [0.1, 0.15) is 41.7 Å². The van der Waals surface area contributed by atoms with E-state index < -0.39 is 11.9 Å². The van der Waals surface area contributed by atoms with E-state index in [4.69, 9.17) is 9.47 Å². The van der Waals surface area contributed by atoms with Gasteiger partial charge in [0.15, 0.2) is 0 Å². The predicted molar refractivity (Wildman–Crippen MR) is 95.8 cm³/mol. The minimum atomic E-state index is -0.485. The van der Waals surface area contributed by atoms with E-state index in [0.717, 1.165) is 27.8 Å². The van der Waals surface area contributed by atoms with Crippen molar-refractivity contribution in [1.82, 2.24) is 0 Å². The Kier molecular flexibility index (Phi) is 7.43. The van der Waals surface area contributed by atoms with E-state index in [9.17, 15) is 9.59 Å². The minimum absolute atomic E-state index is 0.272. The van der Waals surface area contributed by atoms with Crippen LogP contribution in [0.4, 0.5) is 0 Å². The Morgan fingerprint density at radius 3 is 1.96 bits per heavy atom. The second-order valence-corrected chi connectivity index (χ2v) is 5.58. The number of rotatable bonds is 6. The first-order valence-corrected chi connectivity index (χ1v) is 8.12. The largest absolute Gasteiger partial charge is 0.463 e. The molecule has 1 aromatic carbocycles. The van der Waals surface area contributed by atoms with Crippen LogP contribution in [0.15, 0.2) is 23.8 Å². The number of aryl methyl sites for hydroxylation is 2. The summed E-state index contributed by atoms with van der Waals surface area (Å²) in [4.78, 5) is 23.8. The maximum atomic E-state index is 12.2. The lowest BCUT2D eigenvalue weighted by Crippen LogP contribution is -2.08. The molecule has 1 rings (SSSR count). The van der Waals surface area contributed by atoms with Crippen molar-refractivity contribution in [3.8, 4) is 0 Å². The molecule has 0 N–H and O–H groups in total. The standard InChI is InChI=1S/C20H26O4/c1-7-23-19(21)10-9-17(20(22)24-8-2)12-18-15(5)13(3)11-14(4)16(18)6/h9-12H,7-8H2,1-6H3/b10-9-,17-12+. The molecule has 0 radical (unpaired) electrons. The second kappa shape index (κ2) is 9.06. The molecule has 0 aliphatic carbocycles. The van der Waals surface area contributed by atoms with E-state index in [1.54, 1.807) is 19.9 Å². The summed E-state index contributed by atoms with van der Waals surface area (Å²) in [7, 11) is 0. The van der Waals surface area contributed by atoms with Gasteiger partial charge in [-0.25, -0.2) is 9.59 Å². The maximum absolute atomic E-state index is 12.2. The van der Waals surface area contributed by atoms with Gasteiger partial charge in [-0.1, -0.05) is 6.07 Å². The van der Waals surface area contributed by atoms with Crippen molar-refractivity contribution >= 4 is 18.0 Å². The number of hydrogen-bond acceptors (Lipinski definition) is 4. The van der Waals surface area contributed by atoms with Gasteiger partial charge in [-0.05, 0) is 81.5 Å². The van der Waals surface area contributed by atoms with Crippen LogP contribution in [-0.2, 0) is 19.1 Å². The quantitative estimate of drug-likeness (QED) is 0.450. The van der Waals surface area contributed by atoms with Gasteiger partial charge < -0.3 is 9.47 Å². The average Bonchev–Trinajstić information content (AvgIpc) is 2.53. The van der Waals surface area contributed by atoms with E-state index in [1.165, 1.54) is 12.2 Å². The first-order valence-electron chi connectivity index (χ1n) is 8.12. The Morgan fingerprint density at radius 1 is 0.917 bits per heavy atom. The average molecular weight is 330 g/mol. The lowest BCUT2D eigenvalue weighted by atomic mass is 9.93. The van der Waals surface area contributed by atoms with E-state index in [2.05, 4.69) is 6.07 Å². The van der Waals surface area contributed by atoms with Crippen LogP contribution in [0, 0.1) is 27.7 Å². The molecule has 1 aromatic rings. The molecule has 24 heavy (non-hydrogen) atoms. The molecule has 0 unspecified atom stereocenters. The van der Waals surface area contributed by atoms with Crippen molar-refractivity contribution in [1.29, 1.82) is 0 Å². The van der Waals surface area contributed by atoms with Crippen LogP contribution in [-0.4, -0.2) is 25.2 Å². The normalized spacial score (nSPS) is 11.7. The van der Waals surface area contributed by atoms with E-state index >= 15 is 0 Å². The lowest BCUT2D eigenvalue weighted by molar-refractivity contribution is -0.138. The van der Waals surface area contributed by atoms with E-state index in [1.807, 2.05) is 27.7 Å². The van der Waals surface area contributed by atoms with Gasteiger partial charge in [-0.3, -0.25) is 0 Å². The highest BCUT2D eigenvalue weighted by Crippen LogP contribution is 2.24. The molecule has 0 heterocycles. The van der Waals surface area contributed by atoms with Gasteiger partial charge in [0.2, 0.25) is 0 Å². The molecular formula is C20H26O4. The monoisotopic (exact) mass is 330 g/mol. The SMILES string of the molecule is CCOC(=O)/C=C\C(=C/c1c(C)c(C)cc(C)c1C)C(=O)OCC. The summed E-state index contributed by atoms with van der Waals surface area (Å²) in [5.41, 5.74) is 5.81. The third-order valence-corrected chi connectivity index (χ3v) is 3.92. The maximum Gasteiger partial charge on any atom is 0.338 e. The summed E-state index contributed by atoms with van der Waals surface area (Å²) in [6.45, 7) is 12.2. The molecular weight excluding hydrogens is 304 g/mol. The lowest BCUT2D eigenvalue weighted by Gasteiger charge is -2.13.